The normalized spacial score (nSPS) is 16.6. The van der Waals surface area contributed by atoms with E-state index in [4.69, 9.17) is 5.11 Å². The molecule has 1 aromatic rings. The molecule has 1 fully saturated rings. The van der Waals surface area contributed by atoms with Gasteiger partial charge in [-0.2, -0.15) is 0 Å². The van der Waals surface area contributed by atoms with Crippen molar-refractivity contribution in [1.29, 1.82) is 0 Å². The van der Waals surface area contributed by atoms with Gasteiger partial charge in [0, 0.05) is 17.6 Å². The molecule has 1 aromatic carbocycles. The Morgan fingerprint density at radius 1 is 1.33 bits per heavy atom. The predicted octanol–water partition coefficient (Wildman–Crippen LogP) is 3.92. The van der Waals surface area contributed by atoms with Crippen LogP contribution < -0.4 is 4.90 Å². The number of aromatic carboxylic acids is 1. The van der Waals surface area contributed by atoms with Crippen molar-refractivity contribution in [2.45, 2.75) is 38.1 Å². The first-order valence-corrected chi connectivity index (χ1v) is 7.14. The van der Waals surface area contributed by atoms with Crippen LogP contribution in [0, 0.1) is 0 Å². The molecule has 0 aliphatic heterocycles. The van der Waals surface area contributed by atoms with E-state index in [1.165, 1.54) is 32.1 Å². The van der Waals surface area contributed by atoms with Crippen LogP contribution in [0.3, 0.4) is 0 Å². The topological polar surface area (TPSA) is 40.5 Å². The summed E-state index contributed by atoms with van der Waals surface area (Å²) in [5.41, 5.74) is 1.40. The van der Waals surface area contributed by atoms with Crippen LogP contribution in [-0.4, -0.2) is 24.2 Å². The van der Waals surface area contributed by atoms with E-state index in [1.807, 2.05) is 6.07 Å². The maximum atomic E-state index is 10.9. The molecule has 0 heterocycles. The smallest absolute Gasteiger partial charge is 0.335 e. The van der Waals surface area contributed by atoms with Gasteiger partial charge in [0.05, 0.1) is 11.3 Å². The minimum Gasteiger partial charge on any atom is -0.478 e. The summed E-state index contributed by atoms with van der Waals surface area (Å²) in [6.07, 6.45) is 6.37. The molecule has 18 heavy (non-hydrogen) atoms. The van der Waals surface area contributed by atoms with Crippen LogP contribution in [0.4, 0.5) is 5.69 Å². The van der Waals surface area contributed by atoms with Crippen LogP contribution >= 0.6 is 15.9 Å². The van der Waals surface area contributed by atoms with Gasteiger partial charge in [-0.3, -0.25) is 0 Å². The van der Waals surface area contributed by atoms with E-state index in [-0.39, 0.29) is 0 Å². The lowest BCUT2D eigenvalue weighted by Crippen LogP contribution is -2.33. The molecule has 1 saturated carbocycles. The van der Waals surface area contributed by atoms with Crippen molar-refractivity contribution in [2.75, 3.05) is 11.9 Å². The highest BCUT2D eigenvalue weighted by molar-refractivity contribution is 9.10. The molecule has 4 heteroatoms. The molecule has 1 aliphatic carbocycles. The Morgan fingerprint density at radius 3 is 2.56 bits per heavy atom. The molecule has 0 bridgehead atoms. The van der Waals surface area contributed by atoms with Gasteiger partial charge in [0.1, 0.15) is 0 Å². The van der Waals surface area contributed by atoms with Gasteiger partial charge >= 0.3 is 5.97 Å². The fourth-order valence-electron chi connectivity index (χ4n) is 2.59. The zero-order valence-electron chi connectivity index (χ0n) is 10.5. The lowest BCUT2D eigenvalue weighted by atomic mass is 9.94. The van der Waals surface area contributed by atoms with Crippen molar-refractivity contribution in [3.63, 3.8) is 0 Å². The number of carboxylic acid groups (broad SMARTS) is 1. The summed E-state index contributed by atoms with van der Waals surface area (Å²) < 4.78 is 0.857. The third kappa shape index (κ3) is 2.86. The van der Waals surface area contributed by atoms with Gasteiger partial charge in [0.2, 0.25) is 0 Å². The van der Waals surface area contributed by atoms with E-state index in [1.54, 1.807) is 12.1 Å². The Labute approximate surface area is 116 Å². The minimum absolute atomic E-state index is 0.322. The zero-order valence-corrected chi connectivity index (χ0v) is 12.1. The third-order valence-corrected chi connectivity index (χ3v) is 4.33. The van der Waals surface area contributed by atoms with E-state index in [0.29, 0.717) is 11.6 Å². The third-order valence-electron chi connectivity index (χ3n) is 3.70. The summed E-state index contributed by atoms with van der Waals surface area (Å²) in [6, 6.07) is 5.81. The average molecular weight is 312 g/mol. The van der Waals surface area contributed by atoms with E-state index in [9.17, 15) is 4.79 Å². The van der Waals surface area contributed by atoms with Gasteiger partial charge in [-0.15, -0.1) is 0 Å². The van der Waals surface area contributed by atoms with Crippen LogP contribution in [0.5, 0.6) is 0 Å². The van der Waals surface area contributed by atoms with E-state index >= 15 is 0 Å². The highest BCUT2D eigenvalue weighted by Crippen LogP contribution is 2.31. The summed E-state index contributed by atoms with van der Waals surface area (Å²) in [7, 11) is 2.09. The highest BCUT2D eigenvalue weighted by atomic mass is 79.9. The Balaban J connectivity index is 2.19. The number of hydrogen-bond acceptors (Lipinski definition) is 2. The predicted molar refractivity (Wildman–Crippen MR) is 76.4 cm³/mol. The van der Waals surface area contributed by atoms with Crippen molar-refractivity contribution >= 4 is 27.6 Å². The number of benzene rings is 1. The van der Waals surface area contributed by atoms with Crippen LogP contribution in [0.1, 0.15) is 42.5 Å². The number of halogens is 1. The quantitative estimate of drug-likeness (QED) is 0.920. The fourth-order valence-corrected chi connectivity index (χ4v) is 3.25. The first-order chi connectivity index (χ1) is 8.59. The molecule has 1 N–H and O–H groups in total. The maximum Gasteiger partial charge on any atom is 0.335 e. The largest absolute Gasteiger partial charge is 0.478 e. The molecule has 0 amide bonds. The first-order valence-electron chi connectivity index (χ1n) is 6.35. The molecule has 0 spiro atoms. The van der Waals surface area contributed by atoms with Gasteiger partial charge in [-0.25, -0.2) is 4.79 Å². The van der Waals surface area contributed by atoms with Gasteiger partial charge in [-0.05, 0) is 47.0 Å². The van der Waals surface area contributed by atoms with Crippen LogP contribution in [0.15, 0.2) is 22.7 Å². The summed E-state index contributed by atoms with van der Waals surface area (Å²) in [5.74, 6) is -0.887. The Kier molecular flexibility index (Phi) is 4.27. The summed E-state index contributed by atoms with van der Waals surface area (Å²) in [5, 5.41) is 8.95. The SMILES string of the molecule is CN(c1ccc(C(=O)O)cc1Br)C1CCCCC1. The minimum atomic E-state index is -0.887. The highest BCUT2D eigenvalue weighted by Gasteiger charge is 2.20. The Morgan fingerprint density at radius 2 is 2.00 bits per heavy atom. The van der Waals surface area contributed by atoms with Crippen molar-refractivity contribution in [2.24, 2.45) is 0 Å². The molecule has 0 unspecified atom stereocenters. The number of carbonyl (C=O) groups is 1. The van der Waals surface area contributed by atoms with E-state index < -0.39 is 5.97 Å². The molecule has 1 aliphatic rings. The van der Waals surface area contributed by atoms with E-state index in [0.717, 1.165) is 10.2 Å². The van der Waals surface area contributed by atoms with Crippen LogP contribution in [0.2, 0.25) is 0 Å². The average Bonchev–Trinajstić information content (AvgIpc) is 2.38. The van der Waals surface area contributed by atoms with Gasteiger partial charge in [0.15, 0.2) is 0 Å². The number of carboxylic acids is 1. The molecule has 0 saturated heterocycles. The zero-order chi connectivity index (χ0) is 13.1. The van der Waals surface area contributed by atoms with E-state index in [2.05, 4.69) is 27.9 Å². The molecule has 0 atom stereocenters. The fraction of sp³-hybridized carbons (Fsp3) is 0.500. The molecule has 3 nitrogen and oxygen atoms in total. The molecule has 2 rings (SSSR count). The summed E-state index contributed by atoms with van der Waals surface area (Å²) in [6.45, 7) is 0. The number of anilines is 1. The second kappa shape index (κ2) is 5.74. The standard InChI is InChI=1S/C14H18BrNO2/c1-16(11-5-3-2-4-6-11)13-8-7-10(14(17)18)9-12(13)15/h7-9,11H,2-6H2,1H3,(H,17,18). The first kappa shape index (κ1) is 13.4. The monoisotopic (exact) mass is 311 g/mol. The second-order valence-electron chi connectivity index (χ2n) is 4.87. The van der Waals surface area contributed by atoms with Crippen molar-refractivity contribution in [3.05, 3.63) is 28.2 Å². The van der Waals surface area contributed by atoms with Gasteiger partial charge in [0.25, 0.3) is 0 Å². The van der Waals surface area contributed by atoms with Crippen molar-refractivity contribution in [1.82, 2.24) is 0 Å². The summed E-state index contributed by atoms with van der Waals surface area (Å²) in [4.78, 5) is 13.2. The lowest BCUT2D eigenvalue weighted by Gasteiger charge is -2.33. The number of hydrogen-bond donors (Lipinski definition) is 1. The van der Waals surface area contributed by atoms with Crippen molar-refractivity contribution < 1.29 is 9.90 Å². The Bertz CT molecular complexity index is 441. The van der Waals surface area contributed by atoms with Crippen LogP contribution in [-0.2, 0) is 0 Å². The summed E-state index contributed by atoms with van der Waals surface area (Å²) >= 11 is 3.48. The molecular formula is C14H18BrNO2. The lowest BCUT2D eigenvalue weighted by molar-refractivity contribution is 0.0697. The number of nitrogens with zero attached hydrogens (tertiary/aromatic N) is 1. The molecule has 0 radical (unpaired) electrons. The number of rotatable bonds is 3. The molecule has 98 valence electrons. The van der Waals surface area contributed by atoms with Gasteiger partial charge in [-0.1, -0.05) is 19.3 Å². The maximum absolute atomic E-state index is 10.9. The van der Waals surface area contributed by atoms with Crippen LogP contribution in [0.25, 0.3) is 0 Å². The van der Waals surface area contributed by atoms with Crippen molar-refractivity contribution in [3.8, 4) is 0 Å². The Hall–Kier alpha value is -1.03. The van der Waals surface area contributed by atoms with Gasteiger partial charge < -0.3 is 10.0 Å². The second-order valence-corrected chi connectivity index (χ2v) is 5.73. The molecule has 0 aromatic heterocycles. The molecular weight excluding hydrogens is 294 g/mol.